The largest absolute Gasteiger partial charge is 0.498 e. The molecule has 0 aromatic rings. The molecule has 15 heavy (non-hydrogen) atoms. The van der Waals surface area contributed by atoms with Gasteiger partial charge in [0.2, 0.25) is 6.04 Å². The third-order valence-corrected chi connectivity index (χ3v) is 1.36. The van der Waals surface area contributed by atoms with Gasteiger partial charge in [0.25, 0.3) is 0 Å². The minimum atomic E-state index is -5.12. The third kappa shape index (κ3) is 2.83. The number of carbonyl (C=O) groups excluding carboxylic acids is 1. The molecule has 1 unspecified atom stereocenters. The van der Waals surface area contributed by atoms with Gasteiger partial charge in [-0.1, -0.05) is 0 Å². The number of alkyl halides is 6. The summed E-state index contributed by atoms with van der Waals surface area (Å²) in [5.41, 5.74) is 0. The lowest BCUT2D eigenvalue weighted by Gasteiger charge is -2.18. The van der Waals surface area contributed by atoms with Crippen LogP contribution < -0.4 is 10.3 Å². The van der Waals surface area contributed by atoms with Crippen molar-refractivity contribution in [1.82, 2.24) is 10.3 Å². The van der Waals surface area contributed by atoms with Crippen LogP contribution in [0.4, 0.5) is 26.3 Å². The Kier molecular flexibility index (Phi) is 2.66. The molecule has 0 aliphatic carbocycles. The lowest BCUT2D eigenvalue weighted by molar-refractivity contribution is -0.152. The van der Waals surface area contributed by atoms with E-state index in [9.17, 15) is 31.1 Å². The van der Waals surface area contributed by atoms with Crippen molar-refractivity contribution in [2.45, 2.75) is 18.4 Å². The van der Waals surface area contributed by atoms with Crippen molar-refractivity contribution in [2.24, 2.45) is 0 Å². The van der Waals surface area contributed by atoms with E-state index in [-0.39, 0.29) is 0 Å². The molecule has 1 aliphatic heterocycles. The quantitative estimate of drug-likeness (QED) is 0.615. The molecule has 1 amide bonds. The molecule has 0 saturated heterocycles. The molecule has 0 aromatic carbocycles. The summed E-state index contributed by atoms with van der Waals surface area (Å²) in [5, 5.41) is 1.03. The van der Waals surface area contributed by atoms with E-state index in [1.165, 1.54) is 6.42 Å². The average molecular weight is 232 g/mol. The number of aliphatic imine (C=N–C) groups is 1. The van der Waals surface area contributed by atoms with E-state index in [1.54, 1.807) is 0 Å². The molecule has 0 aromatic heterocycles. The molecule has 1 heterocycles. The highest BCUT2D eigenvalue weighted by Crippen LogP contribution is 2.25. The second-order valence-electron chi connectivity index (χ2n) is 2.53. The fourth-order valence-corrected chi connectivity index (χ4v) is 0.771. The van der Waals surface area contributed by atoms with E-state index in [4.69, 9.17) is 0 Å². The number of amides is 1. The van der Waals surface area contributed by atoms with Crippen LogP contribution in [0.1, 0.15) is 0 Å². The van der Waals surface area contributed by atoms with Gasteiger partial charge in [-0.3, -0.25) is 5.32 Å². The van der Waals surface area contributed by atoms with Crippen molar-refractivity contribution < 1.29 is 31.1 Å². The zero-order valence-corrected chi connectivity index (χ0v) is 6.70. The Morgan fingerprint density at radius 2 is 1.73 bits per heavy atom. The van der Waals surface area contributed by atoms with Crippen LogP contribution in [0.15, 0.2) is 0 Å². The second-order valence-corrected chi connectivity index (χ2v) is 2.53. The van der Waals surface area contributed by atoms with Crippen LogP contribution in [-0.2, 0) is 4.79 Å². The molecule has 1 aliphatic rings. The van der Waals surface area contributed by atoms with Gasteiger partial charge < -0.3 is 0 Å². The van der Waals surface area contributed by atoms with Gasteiger partial charge in [-0.2, -0.15) is 26.3 Å². The zero-order valence-electron chi connectivity index (χ0n) is 6.70. The first-order valence-electron chi connectivity index (χ1n) is 3.40. The maximum absolute atomic E-state index is 12.0. The number of hydrogen-bond acceptors (Lipinski definition) is 2. The maximum Gasteiger partial charge on any atom is 0.498 e. The highest BCUT2D eigenvalue weighted by Gasteiger charge is 2.56. The SMILES string of the molecule is O=C1[C]C(C(F)(F)F)NC(C(F)(F)F)=[N+]1. The van der Waals surface area contributed by atoms with Crippen LogP contribution in [-0.4, -0.2) is 30.1 Å². The van der Waals surface area contributed by atoms with Gasteiger partial charge in [-0.25, -0.2) is 4.79 Å². The topological polar surface area (TPSA) is 43.2 Å². The predicted molar refractivity (Wildman–Crippen MR) is 34.4 cm³/mol. The number of nitrogens with zero attached hydrogens (tertiary/aromatic N) is 1. The van der Waals surface area contributed by atoms with Gasteiger partial charge in [-0.15, -0.1) is 0 Å². The highest BCUT2D eigenvalue weighted by molar-refractivity contribution is 6.01. The molecule has 1 atom stereocenters. The second kappa shape index (κ2) is 3.38. The Morgan fingerprint density at radius 3 is 2.13 bits per heavy atom. The monoisotopic (exact) mass is 232 g/mol. The van der Waals surface area contributed by atoms with Crippen LogP contribution in [0.2, 0.25) is 0 Å². The molecule has 3 radical (unpaired) electrons. The number of amidine groups is 1. The van der Waals surface area contributed by atoms with Crippen molar-refractivity contribution >= 4 is 11.7 Å². The first kappa shape index (κ1) is 11.8. The van der Waals surface area contributed by atoms with Crippen molar-refractivity contribution in [1.29, 1.82) is 0 Å². The molecule has 3 nitrogen and oxygen atoms in total. The summed E-state index contributed by atoms with van der Waals surface area (Å²) in [5.74, 6) is -3.66. The smallest absolute Gasteiger partial charge is 0.253 e. The third-order valence-electron chi connectivity index (χ3n) is 1.36. The maximum atomic E-state index is 12.0. The van der Waals surface area contributed by atoms with Gasteiger partial charge >= 0.3 is 24.1 Å². The zero-order chi connectivity index (χ0) is 11.9. The fraction of sp³-hybridized carbons (Fsp3) is 0.500. The van der Waals surface area contributed by atoms with E-state index in [2.05, 4.69) is 4.99 Å². The summed E-state index contributed by atoms with van der Waals surface area (Å²) < 4.78 is 71.7. The van der Waals surface area contributed by atoms with Crippen molar-refractivity contribution in [3.05, 3.63) is 6.42 Å². The van der Waals surface area contributed by atoms with E-state index in [0.717, 1.165) is 5.32 Å². The van der Waals surface area contributed by atoms with Gasteiger partial charge in [0, 0.05) is 4.99 Å². The van der Waals surface area contributed by atoms with E-state index in [1.807, 2.05) is 0 Å². The summed E-state index contributed by atoms with van der Waals surface area (Å²) in [7, 11) is 0. The Morgan fingerprint density at radius 1 is 1.20 bits per heavy atom. The van der Waals surface area contributed by atoms with Crippen LogP contribution in [0.25, 0.3) is 0 Å². The minimum absolute atomic E-state index is 1.03. The van der Waals surface area contributed by atoms with E-state index in [0.29, 0.717) is 0 Å². The van der Waals surface area contributed by atoms with E-state index < -0.39 is 30.1 Å². The van der Waals surface area contributed by atoms with Gasteiger partial charge in [0.1, 0.15) is 0 Å². The van der Waals surface area contributed by atoms with Crippen molar-refractivity contribution in [3.63, 3.8) is 0 Å². The lowest BCUT2D eigenvalue weighted by atomic mass is 10.1. The molecular formula is C6H2F6N2O+. The molecule has 0 spiro atoms. The van der Waals surface area contributed by atoms with Crippen LogP contribution in [0.5, 0.6) is 0 Å². The predicted octanol–water partition coefficient (Wildman–Crippen LogP) is 0.425. The van der Waals surface area contributed by atoms with Crippen molar-refractivity contribution in [2.75, 3.05) is 0 Å². The Labute approximate surface area is 79.2 Å². The van der Waals surface area contributed by atoms with Crippen LogP contribution in [0.3, 0.4) is 0 Å². The molecular weight excluding hydrogens is 230 g/mol. The molecule has 1 rings (SSSR count). The number of carbonyl (C=O) groups is 1. The minimum Gasteiger partial charge on any atom is -0.253 e. The number of halogens is 6. The molecule has 0 fully saturated rings. The first-order chi connectivity index (χ1) is 6.60. The molecule has 9 heteroatoms. The normalized spacial score (nSPS) is 23.5. The lowest BCUT2D eigenvalue weighted by Crippen LogP contribution is -2.57. The molecule has 0 bridgehead atoms. The van der Waals surface area contributed by atoms with Gasteiger partial charge in [0.05, 0.1) is 0 Å². The summed E-state index contributed by atoms with van der Waals surface area (Å²) in [6.07, 6.45) is -8.95. The summed E-state index contributed by atoms with van der Waals surface area (Å²) >= 11 is 0. The van der Waals surface area contributed by atoms with Crippen LogP contribution >= 0.6 is 0 Å². The van der Waals surface area contributed by atoms with Gasteiger partial charge in [-0.05, 0) is 0 Å². The molecule has 83 valence electrons. The Bertz CT molecular complexity index is 304. The summed E-state index contributed by atoms with van der Waals surface area (Å²) in [6, 6.07) is -2.78. The summed E-state index contributed by atoms with van der Waals surface area (Å²) in [6.45, 7) is 0. The van der Waals surface area contributed by atoms with Gasteiger partial charge in [0.15, 0.2) is 6.42 Å². The Balaban J connectivity index is 2.91. The van der Waals surface area contributed by atoms with Crippen LogP contribution in [0, 0.1) is 6.42 Å². The van der Waals surface area contributed by atoms with E-state index >= 15 is 0 Å². The number of rotatable bonds is 0. The molecule has 1 N–H and O–H groups in total. The standard InChI is InChI=1S/C6H2F6N2O/c7-5(8,9)2-1-3(15)14-4(13-2)6(10,11)12/h2,13H/q+1. The van der Waals surface area contributed by atoms with Crippen molar-refractivity contribution in [3.8, 4) is 0 Å². The first-order valence-corrected chi connectivity index (χ1v) is 3.40. The Hall–Kier alpha value is -1.28. The average Bonchev–Trinajstić information content (AvgIpc) is 1.99. The molecule has 0 saturated carbocycles. The number of hydrogen-bond donors (Lipinski definition) is 1. The summed E-state index contributed by atoms with van der Waals surface area (Å²) in [4.78, 5) is 12.8. The highest BCUT2D eigenvalue weighted by atomic mass is 19.4. The number of nitrogens with one attached hydrogen (secondary N) is 1. The fourth-order valence-electron chi connectivity index (χ4n) is 0.771.